The first-order valence-corrected chi connectivity index (χ1v) is 10.1. The molecular formula is C23H28N2O4. The summed E-state index contributed by atoms with van der Waals surface area (Å²) >= 11 is 0. The maximum atomic E-state index is 12.4. The highest BCUT2D eigenvalue weighted by atomic mass is 16.5. The Morgan fingerprint density at radius 3 is 2.45 bits per heavy atom. The van der Waals surface area contributed by atoms with Crippen molar-refractivity contribution < 1.29 is 19.1 Å². The van der Waals surface area contributed by atoms with Crippen LogP contribution in [0.2, 0.25) is 0 Å². The van der Waals surface area contributed by atoms with Gasteiger partial charge in [-0.2, -0.15) is 0 Å². The van der Waals surface area contributed by atoms with Gasteiger partial charge in [0.1, 0.15) is 11.5 Å². The SMILES string of the molecule is CCCCOc1ccc(C(=O)NCC2CC(=O)N(c3ccc(OC)cc3)C2)cc1. The van der Waals surface area contributed by atoms with Crippen molar-refractivity contribution in [2.45, 2.75) is 26.2 Å². The van der Waals surface area contributed by atoms with Gasteiger partial charge in [-0.15, -0.1) is 0 Å². The number of carbonyl (C=O) groups is 2. The van der Waals surface area contributed by atoms with Gasteiger partial charge in [0, 0.05) is 36.7 Å². The number of rotatable bonds is 9. The summed E-state index contributed by atoms with van der Waals surface area (Å²) in [6.07, 6.45) is 2.52. The summed E-state index contributed by atoms with van der Waals surface area (Å²) in [5.41, 5.74) is 1.44. The van der Waals surface area contributed by atoms with Crippen LogP contribution in [0.1, 0.15) is 36.5 Å². The predicted octanol–water partition coefficient (Wildman–Crippen LogP) is 3.66. The Kier molecular flexibility index (Phi) is 7.11. The van der Waals surface area contributed by atoms with Crippen molar-refractivity contribution in [3.8, 4) is 11.5 Å². The van der Waals surface area contributed by atoms with E-state index >= 15 is 0 Å². The van der Waals surface area contributed by atoms with Gasteiger partial charge in [0.15, 0.2) is 0 Å². The minimum absolute atomic E-state index is 0.0722. The van der Waals surface area contributed by atoms with Gasteiger partial charge in [0.2, 0.25) is 5.91 Å². The number of anilines is 1. The smallest absolute Gasteiger partial charge is 0.251 e. The molecule has 1 heterocycles. The van der Waals surface area contributed by atoms with Crippen molar-refractivity contribution in [3.05, 3.63) is 54.1 Å². The van der Waals surface area contributed by atoms with Crippen LogP contribution in [0.15, 0.2) is 48.5 Å². The molecule has 3 rings (SSSR count). The molecule has 2 aromatic carbocycles. The van der Waals surface area contributed by atoms with Gasteiger partial charge in [0.25, 0.3) is 5.91 Å². The van der Waals surface area contributed by atoms with E-state index in [9.17, 15) is 9.59 Å². The van der Waals surface area contributed by atoms with Crippen LogP contribution in [0.25, 0.3) is 0 Å². The van der Waals surface area contributed by atoms with E-state index in [1.54, 1.807) is 24.1 Å². The van der Waals surface area contributed by atoms with E-state index in [2.05, 4.69) is 12.2 Å². The van der Waals surface area contributed by atoms with Gasteiger partial charge in [0.05, 0.1) is 13.7 Å². The molecular weight excluding hydrogens is 368 g/mol. The number of nitrogens with zero attached hydrogens (tertiary/aromatic N) is 1. The maximum Gasteiger partial charge on any atom is 0.251 e. The lowest BCUT2D eigenvalue weighted by Crippen LogP contribution is -2.31. The fourth-order valence-electron chi connectivity index (χ4n) is 3.31. The minimum atomic E-state index is -0.138. The molecule has 0 spiro atoms. The lowest BCUT2D eigenvalue weighted by Gasteiger charge is -2.17. The van der Waals surface area contributed by atoms with Gasteiger partial charge >= 0.3 is 0 Å². The van der Waals surface area contributed by atoms with Gasteiger partial charge < -0.3 is 19.7 Å². The molecule has 1 aliphatic rings. The molecule has 2 amide bonds. The van der Waals surface area contributed by atoms with Crippen LogP contribution >= 0.6 is 0 Å². The molecule has 0 saturated carbocycles. The molecule has 1 atom stereocenters. The molecule has 6 heteroatoms. The molecule has 1 saturated heterocycles. The Morgan fingerprint density at radius 2 is 1.79 bits per heavy atom. The molecule has 2 aromatic rings. The van der Waals surface area contributed by atoms with Gasteiger partial charge in [-0.05, 0) is 55.0 Å². The summed E-state index contributed by atoms with van der Waals surface area (Å²) in [6, 6.07) is 14.6. The average Bonchev–Trinajstić information content (AvgIpc) is 3.13. The first-order valence-electron chi connectivity index (χ1n) is 10.1. The maximum absolute atomic E-state index is 12.4. The number of ether oxygens (including phenoxy) is 2. The van der Waals surface area contributed by atoms with E-state index in [1.165, 1.54) is 0 Å². The molecule has 6 nitrogen and oxygen atoms in total. The van der Waals surface area contributed by atoms with E-state index in [4.69, 9.17) is 9.47 Å². The van der Waals surface area contributed by atoms with Crippen LogP contribution in [0.3, 0.4) is 0 Å². The van der Waals surface area contributed by atoms with E-state index < -0.39 is 0 Å². The number of methoxy groups -OCH3 is 1. The average molecular weight is 396 g/mol. The summed E-state index contributed by atoms with van der Waals surface area (Å²) in [5, 5.41) is 2.94. The van der Waals surface area contributed by atoms with Crippen molar-refractivity contribution in [2.24, 2.45) is 5.92 Å². The third-order valence-corrected chi connectivity index (χ3v) is 5.02. The second-order valence-corrected chi connectivity index (χ2v) is 7.21. The van der Waals surface area contributed by atoms with E-state index in [0.717, 1.165) is 30.0 Å². The number of hydrogen-bond donors (Lipinski definition) is 1. The molecule has 154 valence electrons. The highest BCUT2D eigenvalue weighted by Crippen LogP contribution is 2.26. The summed E-state index contributed by atoms with van der Waals surface area (Å²) < 4.78 is 10.8. The fourth-order valence-corrected chi connectivity index (χ4v) is 3.31. The highest BCUT2D eigenvalue weighted by Gasteiger charge is 2.30. The minimum Gasteiger partial charge on any atom is -0.497 e. The lowest BCUT2D eigenvalue weighted by atomic mass is 10.1. The predicted molar refractivity (Wildman–Crippen MR) is 113 cm³/mol. The quantitative estimate of drug-likeness (QED) is 0.657. The monoisotopic (exact) mass is 396 g/mol. The molecule has 1 N–H and O–H groups in total. The molecule has 1 aliphatic heterocycles. The molecule has 1 fully saturated rings. The summed E-state index contributed by atoms with van der Waals surface area (Å²) in [5.74, 6) is 1.55. The van der Waals surface area contributed by atoms with Crippen LogP contribution in [0.5, 0.6) is 11.5 Å². The molecule has 0 radical (unpaired) electrons. The Bertz CT molecular complexity index is 818. The van der Waals surface area contributed by atoms with Crippen LogP contribution in [-0.4, -0.2) is 38.6 Å². The van der Waals surface area contributed by atoms with E-state index in [1.807, 2.05) is 36.4 Å². The number of carbonyl (C=O) groups excluding carboxylic acids is 2. The summed E-state index contributed by atoms with van der Waals surface area (Å²) in [6.45, 7) is 3.86. The lowest BCUT2D eigenvalue weighted by molar-refractivity contribution is -0.117. The molecule has 1 unspecified atom stereocenters. The van der Waals surface area contributed by atoms with Crippen LogP contribution < -0.4 is 19.7 Å². The normalized spacial score (nSPS) is 16.0. The van der Waals surface area contributed by atoms with Crippen molar-refractivity contribution in [1.29, 1.82) is 0 Å². The Morgan fingerprint density at radius 1 is 1.10 bits per heavy atom. The number of hydrogen-bond acceptors (Lipinski definition) is 4. The van der Waals surface area contributed by atoms with Crippen LogP contribution in [0, 0.1) is 5.92 Å². The van der Waals surface area contributed by atoms with Crippen LogP contribution in [0.4, 0.5) is 5.69 Å². The van der Waals surface area contributed by atoms with Crippen molar-refractivity contribution in [1.82, 2.24) is 5.32 Å². The van der Waals surface area contributed by atoms with Crippen molar-refractivity contribution >= 4 is 17.5 Å². The first-order chi connectivity index (χ1) is 14.1. The number of amides is 2. The van der Waals surface area contributed by atoms with Crippen LogP contribution in [-0.2, 0) is 4.79 Å². The zero-order valence-corrected chi connectivity index (χ0v) is 17.0. The van der Waals surface area contributed by atoms with E-state index in [0.29, 0.717) is 31.7 Å². The largest absolute Gasteiger partial charge is 0.497 e. The Labute approximate surface area is 171 Å². The van der Waals surface area contributed by atoms with Gasteiger partial charge in [-0.1, -0.05) is 13.3 Å². The second-order valence-electron chi connectivity index (χ2n) is 7.21. The zero-order valence-electron chi connectivity index (χ0n) is 17.0. The van der Waals surface area contributed by atoms with Gasteiger partial charge in [-0.3, -0.25) is 9.59 Å². The second kappa shape index (κ2) is 9.96. The molecule has 0 aromatic heterocycles. The highest BCUT2D eigenvalue weighted by molar-refractivity contribution is 5.96. The number of benzene rings is 2. The standard InChI is InChI=1S/C23H28N2O4/c1-3-4-13-29-21-9-5-18(6-10-21)23(27)24-15-17-14-22(26)25(16-17)19-7-11-20(28-2)12-8-19/h5-12,17H,3-4,13-16H2,1-2H3,(H,24,27). The topological polar surface area (TPSA) is 67.9 Å². The van der Waals surface area contributed by atoms with Crippen molar-refractivity contribution in [2.75, 3.05) is 31.7 Å². The van der Waals surface area contributed by atoms with E-state index in [-0.39, 0.29) is 17.7 Å². The third-order valence-electron chi connectivity index (χ3n) is 5.02. The Hall–Kier alpha value is -3.02. The summed E-state index contributed by atoms with van der Waals surface area (Å²) in [7, 11) is 1.61. The molecule has 0 aliphatic carbocycles. The third kappa shape index (κ3) is 5.50. The molecule has 0 bridgehead atoms. The number of unbranched alkanes of at least 4 members (excludes halogenated alkanes) is 1. The summed E-state index contributed by atoms with van der Waals surface area (Å²) in [4.78, 5) is 26.5. The first kappa shape index (κ1) is 20.7. The zero-order chi connectivity index (χ0) is 20.6. The Balaban J connectivity index is 1.49. The van der Waals surface area contributed by atoms with Crippen molar-refractivity contribution in [3.63, 3.8) is 0 Å². The fraction of sp³-hybridized carbons (Fsp3) is 0.391. The van der Waals surface area contributed by atoms with Gasteiger partial charge in [-0.25, -0.2) is 0 Å². The molecule has 29 heavy (non-hydrogen) atoms. The number of nitrogens with one attached hydrogen (secondary N) is 1.